The first kappa shape index (κ1) is 94.7. The molecule has 6 aliphatic rings. The highest BCUT2D eigenvalue weighted by Crippen LogP contribution is 2.47. The maximum atomic E-state index is 16.5. The molecule has 682 valence electrons. The largest absolute Gasteiger partial charge is 0.455 e. The van der Waals surface area contributed by atoms with Crippen LogP contribution in [0.2, 0.25) is 0 Å². The molecule has 0 heterocycles. The Morgan fingerprint density at radius 2 is 0.594 bits per heavy atom. The van der Waals surface area contributed by atoms with Crippen molar-refractivity contribution in [2.75, 3.05) is 0 Å². The number of ether oxygens (including phenoxy) is 6. The Bertz CT molecular complexity index is 4880. The maximum Gasteiger partial charge on any atom is 0.341 e. The van der Waals surface area contributed by atoms with Crippen LogP contribution >= 0.6 is 0 Å². The molecule has 14 rings (SSSR count). The van der Waals surface area contributed by atoms with Crippen LogP contribution in [-0.2, 0) is 28.4 Å². The molecule has 6 unspecified atom stereocenters. The molecule has 8 aromatic carbocycles. The molecule has 0 aliphatic heterocycles. The molecule has 6 aliphatic carbocycles. The van der Waals surface area contributed by atoms with E-state index in [1.165, 1.54) is 49.7 Å². The van der Waals surface area contributed by atoms with Crippen LogP contribution in [0, 0.1) is 23.7 Å². The third-order valence-electron chi connectivity index (χ3n) is 31.4. The fourth-order valence-electron chi connectivity index (χ4n) is 22.7. The van der Waals surface area contributed by atoms with E-state index in [2.05, 4.69) is 116 Å². The first-order valence-corrected chi connectivity index (χ1v) is 50.6. The second kappa shape index (κ2) is 45.9. The molecular weight excluding hydrogens is 1590 g/mol. The smallest absolute Gasteiger partial charge is 0.341 e. The van der Waals surface area contributed by atoms with Crippen molar-refractivity contribution < 1.29 is 57.2 Å². The van der Waals surface area contributed by atoms with Gasteiger partial charge < -0.3 is 28.4 Å². The van der Waals surface area contributed by atoms with Gasteiger partial charge in [-0.05, 0) is 359 Å². The van der Waals surface area contributed by atoms with Crippen LogP contribution in [0.1, 0.15) is 454 Å². The first-order valence-electron chi connectivity index (χ1n) is 50.6. The monoisotopic (exact) mass is 1730 g/mol. The fraction of sp³-hybridized carbons (Fsp3) is 0.534. The summed E-state index contributed by atoms with van der Waals surface area (Å²) in [6.45, 7) is 19.5. The van der Waals surface area contributed by atoms with Crippen molar-refractivity contribution in [1.29, 1.82) is 0 Å². The summed E-state index contributed by atoms with van der Waals surface area (Å²) in [6.07, 6.45) is 31.2. The highest BCUT2D eigenvalue weighted by atomic mass is 16.8. The van der Waals surface area contributed by atoms with Crippen molar-refractivity contribution in [3.05, 3.63) is 260 Å². The average molecular weight is 1730 g/mol. The number of hydrogen-bond acceptors (Lipinski definition) is 12. The minimum absolute atomic E-state index is 0.00490. The van der Waals surface area contributed by atoms with Crippen LogP contribution in [0.25, 0.3) is 22.3 Å². The van der Waals surface area contributed by atoms with E-state index in [1.807, 2.05) is 72.8 Å². The SMILES string of the molecule is CCCC(CC)c1ccc(C(=O)OC(C)C(CC(OC(=O)c2ccc(-c3ccc(C4CCC(CC)CC4)cc3)cc2)(OC(=O)c2ccc(C3CCC(CC)CC3)cc2)C(OC(=O)c2ccc(-c3ccc(C4CCC(CC)CC4)cc3)cc2)OC(=O)c2ccc(C3CCC(CC)CC3)cc2)OC(=O)c2ccc(C(CC)CCC)cc2C2CCCCC2)c(C2CCCCC2)c1. The van der Waals surface area contributed by atoms with Gasteiger partial charge in [0, 0.05) is 0 Å². The lowest BCUT2D eigenvalue weighted by Gasteiger charge is -2.40. The van der Waals surface area contributed by atoms with Gasteiger partial charge >= 0.3 is 47.9 Å². The van der Waals surface area contributed by atoms with Crippen molar-refractivity contribution >= 4 is 35.8 Å². The van der Waals surface area contributed by atoms with E-state index in [0.29, 0.717) is 34.8 Å². The van der Waals surface area contributed by atoms with Gasteiger partial charge in [-0.25, -0.2) is 28.8 Å². The zero-order valence-electron chi connectivity index (χ0n) is 78.5. The Kier molecular flexibility index (Phi) is 34.0. The van der Waals surface area contributed by atoms with E-state index >= 15 is 28.8 Å². The molecule has 12 heteroatoms. The molecule has 0 bridgehead atoms. The molecular formula is C116H146O12. The lowest BCUT2D eigenvalue weighted by Crippen LogP contribution is -2.57. The van der Waals surface area contributed by atoms with Crippen LogP contribution in [0.3, 0.4) is 0 Å². The summed E-state index contributed by atoms with van der Waals surface area (Å²) in [5.41, 5.74) is 13.1. The summed E-state index contributed by atoms with van der Waals surface area (Å²) in [5.74, 6) is -3.83. The molecule has 0 amide bonds. The number of rotatable bonds is 36. The quantitative estimate of drug-likeness (QED) is 0.0208. The highest BCUT2D eigenvalue weighted by Gasteiger charge is 2.57. The van der Waals surface area contributed by atoms with Crippen LogP contribution in [0.4, 0.5) is 0 Å². The molecule has 0 N–H and O–H groups in total. The van der Waals surface area contributed by atoms with Gasteiger partial charge in [-0.3, -0.25) is 0 Å². The van der Waals surface area contributed by atoms with Gasteiger partial charge in [-0.2, -0.15) is 0 Å². The Morgan fingerprint density at radius 3 is 0.898 bits per heavy atom. The van der Waals surface area contributed by atoms with E-state index in [0.717, 1.165) is 260 Å². The van der Waals surface area contributed by atoms with E-state index in [9.17, 15) is 0 Å². The van der Waals surface area contributed by atoms with Crippen LogP contribution < -0.4 is 0 Å². The van der Waals surface area contributed by atoms with Crippen LogP contribution in [0.15, 0.2) is 182 Å². The Morgan fingerprint density at radius 1 is 0.305 bits per heavy atom. The molecule has 0 radical (unpaired) electrons. The molecule has 128 heavy (non-hydrogen) atoms. The molecule has 8 aromatic rings. The lowest BCUT2D eigenvalue weighted by molar-refractivity contribution is -0.293. The summed E-state index contributed by atoms with van der Waals surface area (Å²) < 4.78 is 42.1. The third-order valence-corrected chi connectivity index (χ3v) is 31.4. The molecule has 6 saturated carbocycles. The van der Waals surface area contributed by atoms with Gasteiger partial charge in [-0.1, -0.05) is 254 Å². The summed E-state index contributed by atoms with van der Waals surface area (Å²) in [4.78, 5) is 97.6. The summed E-state index contributed by atoms with van der Waals surface area (Å²) in [6, 6.07) is 58.0. The van der Waals surface area contributed by atoms with Gasteiger partial charge in [0.15, 0.2) is 0 Å². The van der Waals surface area contributed by atoms with Gasteiger partial charge in [0.1, 0.15) is 12.2 Å². The minimum Gasteiger partial charge on any atom is -0.455 e. The van der Waals surface area contributed by atoms with Gasteiger partial charge in [-0.15, -0.1) is 0 Å². The molecule has 0 saturated heterocycles. The van der Waals surface area contributed by atoms with Crippen molar-refractivity contribution in [3.63, 3.8) is 0 Å². The number of hydrogen-bond donors (Lipinski definition) is 0. The predicted molar refractivity (Wildman–Crippen MR) is 514 cm³/mol. The summed E-state index contributed by atoms with van der Waals surface area (Å²) in [5, 5.41) is 0. The van der Waals surface area contributed by atoms with Gasteiger partial charge in [0.05, 0.1) is 39.8 Å². The maximum absolute atomic E-state index is 16.5. The minimum atomic E-state index is -3.13. The zero-order valence-corrected chi connectivity index (χ0v) is 78.5. The fourth-order valence-corrected chi connectivity index (χ4v) is 22.7. The highest BCUT2D eigenvalue weighted by molar-refractivity contribution is 5.95. The molecule has 0 aromatic heterocycles. The van der Waals surface area contributed by atoms with E-state index < -0.39 is 66.5 Å². The Hall–Kier alpha value is -9.42. The number of esters is 6. The average Bonchev–Trinajstić information content (AvgIpc) is 0.768. The van der Waals surface area contributed by atoms with Gasteiger partial charge in [0.25, 0.3) is 0 Å². The molecule has 6 atom stereocenters. The number of carbonyl (C=O) groups is 6. The topological polar surface area (TPSA) is 158 Å². The standard InChI is InChI=1S/C116H146O12/c1-10-24-82(16-7)102-70-72-104(106(74-102)96-26-20-18-21-27-96)113(121)123-77(9)108(124-114(122)105-73-71-103(83(17-8)25-11-2)75-107(105)97-28-22-19-23-29-97)76-116(127-111(119)100-66-58-93(59-67-100)87-44-36-81(15-6)37-45-87,128-112(120)101-68-60-95(61-69-101)91-52-48-89(49-53-91)85-40-32-79(13-4)33-41-85)115(125-109(117)98-62-54-92(55-63-98)86-42-34-80(14-5)35-43-86)126-110(118)99-64-56-94(57-65-99)90-50-46-88(47-51-90)84-38-30-78(12-3)31-39-84/h46-75,77-87,96-97,108,115H,10-45,76H2,1-9H3. The first-order chi connectivity index (χ1) is 62.4. The predicted octanol–water partition coefficient (Wildman–Crippen LogP) is 31.1. The Balaban J connectivity index is 0.930. The summed E-state index contributed by atoms with van der Waals surface area (Å²) >= 11 is 0. The van der Waals surface area contributed by atoms with Crippen LogP contribution in [0.5, 0.6) is 0 Å². The Labute approximate surface area is 765 Å². The van der Waals surface area contributed by atoms with Crippen molar-refractivity contribution in [1.82, 2.24) is 0 Å². The number of benzene rings is 8. The zero-order chi connectivity index (χ0) is 89.6. The number of carbonyl (C=O) groups excluding carboxylic acids is 6. The second-order valence-electron chi connectivity index (χ2n) is 39.3. The molecule has 0 spiro atoms. The van der Waals surface area contributed by atoms with E-state index in [-0.39, 0.29) is 57.8 Å². The summed E-state index contributed by atoms with van der Waals surface area (Å²) in [7, 11) is 0. The van der Waals surface area contributed by atoms with E-state index in [4.69, 9.17) is 28.4 Å². The molecule has 12 nitrogen and oxygen atoms in total. The second-order valence-corrected chi connectivity index (χ2v) is 39.3. The van der Waals surface area contributed by atoms with Crippen molar-refractivity contribution in [2.24, 2.45) is 23.7 Å². The van der Waals surface area contributed by atoms with Gasteiger partial charge in [0.2, 0.25) is 0 Å². The van der Waals surface area contributed by atoms with Crippen molar-refractivity contribution in [2.45, 2.75) is 372 Å². The van der Waals surface area contributed by atoms with Crippen molar-refractivity contribution in [3.8, 4) is 22.3 Å². The normalized spacial score (nSPS) is 22.3. The van der Waals surface area contributed by atoms with E-state index in [1.54, 1.807) is 55.5 Å². The van der Waals surface area contributed by atoms with Crippen LogP contribution in [-0.4, -0.2) is 60.1 Å². The lowest BCUT2D eigenvalue weighted by atomic mass is 9.77. The molecule has 6 fully saturated rings. The third kappa shape index (κ3) is 23.8.